The molecule has 1 aromatic carbocycles. The standard InChI is InChI=1S/C17H24Cl2N2O4/c1-2-3-9-24-10-5-8-20-15(22)11-25-12-16(23)21-14-7-4-6-13(18)17(14)19/h4,6-7H,2-3,5,8-12H2,1H3,(H,20,22)(H,21,23). The highest BCUT2D eigenvalue weighted by Crippen LogP contribution is 2.29. The third-order valence-corrected chi connectivity index (χ3v) is 3.94. The van der Waals surface area contributed by atoms with Crippen molar-refractivity contribution < 1.29 is 19.1 Å². The molecule has 25 heavy (non-hydrogen) atoms. The minimum Gasteiger partial charge on any atom is -0.381 e. The number of halogens is 2. The van der Waals surface area contributed by atoms with Crippen LogP contribution in [0.3, 0.4) is 0 Å². The van der Waals surface area contributed by atoms with Crippen molar-refractivity contribution in [3.8, 4) is 0 Å². The Morgan fingerprint density at radius 1 is 1.04 bits per heavy atom. The van der Waals surface area contributed by atoms with Crippen LogP contribution in [0.1, 0.15) is 26.2 Å². The van der Waals surface area contributed by atoms with Gasteiger partial charge in [0.1, 0.15) is 13.2 Å². The topological polar surface area (TPSA) is 76.7 Å². The van der Waals surface area contributed by atoms with Gasteiger partial charge >= 0.3 is 0 Å². The molecule has 0 aliphatic heterocycles. The smallest absolute Gasteiger partial charge is 0.250 e. The van der Waals surface area contributed by atoms with Crippen molar-refractivity contribution >= 4 is 40.7 Å². The van der Waals surface area contributed by atoms with Crippen LogP contribution < -0.4 is 10.6 Å². The number of amides is 2. The number of hydrogen-bond donors (Lipinski definition) is 2. The molecule has 0 aromatic heterocycles. The van der Waals surface area contributed by atoms with Crippen LogP contribution in [-0.2, 0) is 19.1 Å². The van der Waals surface area contributed by atoms with Crippen molar-refractivity contribution in [3.05, 3.63) is 28.2 Å². The van der Waals surface area contributed by atoms with Gasteiger partial charge in [0.2, 0.25) is 11.8 Å². The fraction of sp³-hybridized carbons (Fsp3) is 0.529. The van der Waals surface area contributed by atoms with Crippen molar-refractivity contribution in [1.29, 1.82) is 0 Å². The Labute approximate surface area is 158 Å². The first-order valence-corrected chi connectivity index (χ1v) is 8.96. The van der Waals surface area contributed by atoms with Crippen LogP contribution in [0, 0.1) is 0 Å². The first kappa shape index (κ1) is 21.7. The van der Waals surface area contributed by atoms with Crippen LogP contribution >= 0.6 is 23.2 Å². The number of benzene rings is 1. The maximum absolute atomic E-state index is 11.8. The Kier molecular flexibility index (Phi) is 11.2. The van der Waals surface area contributed by atoms with Crippen molar-refractivity contribution in [3.63, 3.8) is 0 Å². The SMILES string of the molecule is CCCCOCCCNC(=O)COCC(=O)Nc1cccc(Cl)c1Cl. The molecular weight excluding hydrogens is 367 g/mol. The van der Waals surface area contributed by atoms with Gasteiger partial charge in [0.05, 0.1) is 15.7 Å². The van der Waals surface area contributed by atoms with E-state index in [1.54, 1.807) is 18.2 Å². The average Bonchev–Trinajstić information content (AvgIpc) is 2.58. The molecule has 0 heterocycles. The number of rotatable bonds is 12. The summed E-state index contributed by atoms with van der Waals surface area (Å²) in [4.78, 5) is 23.3. The number of nitrogens with one attached hydrogen (secondary N) is 2. The van der Waals surface area contributed by atoms with E-state index in [1.165, 1.54) is 0 Å². The Morgan fingerprint density at radius 2 is 1.76 bits per heavy atom. The third kappa shape index (κ3) is 9.65. The largest absolute Gasteiger partial charge is 0.381 e. The van der Waals surface area contributed by atoms with Crippen molar-refractivity contribution in [2.24, 2.45) is 0 Å². The molecule has 8 heteroatoms. The lowest BCUT2D eigenvalue weighted by Gasteiger charge is -2.09. The monoisotopic (exact) mass is 390 g/mol. The van der Waals surface area contributed by atoms with Crippen molar-refractivity contribution in [1.82, 2.24) is 5.32 Å². The second-order valence-corrected chi connectivity index (χ2v) is 6.10. The first-order valence-electron chi connectivity index (χ1n) is 8.20. The van der Waals surface area contributed by atoms with Gasteiger partial charge in [0, 0.05) is 19.8 Å². The van der Waals surface area contributed by atoms with Crippen molar-refractivity contribution in [2.75, 3.05) is 38.3 Å². The van der Waals surface area contributed by atoms with E-state index in [4.69, 9.17) is 32.7 Å². The summed E-state index contributed by atoms with van der Waals surface area (Å²) in [5.74, 6) is -0.691. The lowest BCUT2D eigenvalue weighted by atomic mass is 10.3. The first-order chi connectivity index (χ1) is 12.0. The van der Waals surface area contributed by atoms with Gasteiger partial charge in [-0.25, -0.2) is 0 Å². The molecule has 140 valence electrons. The second-order valence-electron chi connectivity index (χ2n) is 5.31. The molecule has 0 saturated carbocycles. The lowest BCUT2D eigenvalue weighted by Crippen LogP contribution is -2.30. The van der Waals surface area contributed by atoms with Crippen LogP contribution in [0.2, 0.25) is 10.0 Å². The fourth-order valence-electron chi connectivity index (χ4n) is 1.82. The summed E-state index contributed by atoms with van der Waals surface area (Å²) >= 11 is 11.8. The van der Waals surface area contributed by atoms with E-state index in [9.17, 15) is 9.59 Å². The number of hydrogen-bond acceptors (Lipinski definition) is 4. The Bertz CT molecular complexity index is 555. The average molecular weight is 391 g/mol. The van der Waals surface area contributed by atoms with Gasteiger partial charge < -0.3 is 20.1 Å². The molecule has 0 aliphatic rings. The molecule has 0 bridgehead atoms. The Morgan fingerprint density at radius 3 is 2.52 bits per heavy atom. The van der Waals surface area contributed by atoms with E-state index in [-0.39, 0.29) is 24.1 Å². The quantitative estimate of drug-likeness (QED) is 0.537. The van der Waals surface area contributed by atoms with Crippen LogP contribution in [-0.4, -0.2) is 44.8 Å². The molecule has 2 N–H and O–H groups in total. The van der Waals surface area contributed by atoms with Crippen LogP contribution in [0.15, 0.2) is 18.2 Å². The molecule has 0 aliphatic carbocycles. The molecule has 2 amide bonds. The minimum absolute atomic E-state index is 0.187. The number of carbonyl (C=O) groups excluding carboxylic acids is 2. The molecule has 0 atom stereocenters. The van der Waals surface area contributed by atoms with E-state index in [1.807, 2.05) is 0 Å². The van der Waals surface area contributed by atoms with Gasteiger partial charge in [-0.05, 0) is 25.0 Å². The second kappa shape index (κ2) is 12.9. The van der Waals surface area contributed by atoms with Gasteiger partial charge in [-0.15, -0.1) is 0 Å². The van der Waals surface area contributed by atoms with Crippen LogP contribution in [0.4, 0.5) is 5.69 Å². The predicted octanol–water partition coefficient (Wildman–Crippen LogP) is 3.27. The molecule has 0 unspecified atom stereocenters. The van der Waals surface area contributed by atoms with E-state index in [0.29, 0.717) is 23.9 Å². The van der Waals surface area contributed by atoms with E-state index in [2.05, 4.69) is 17.6 Å². The van der Waals surface area contributed by atoms with Gasteiger partial charge in [0.25, 0.3) is 0 Å². The van der Waals surface area contributed by atoms with Crippen LogP contribution in [0.5, 0.6) is 0 Å². The maximum Gasteiger partial charge on any atom is 0.250 e. The van der Waals surface area contributed by atoms with Crippen molar-refractivity contribution in [2.45, 2.75) is 26.2 Å². The van der Waals surface area contributed by atoms with Gasteiger partial charge in [-0.2, -0.15) is 0 Å². The lowest BCUT2D eigenvalue weighted by molar-refractivity contribution is -0.128. The van der Waals surface area contributed by atoms with E-state index in [0.717, 1.165) is 25.9 Å². The summed E-state index contributed by atoms with van der Waals surface area (Å²) in [6.45, 7) is 3.54. The highest BCUT2D eigenvalue weighted by atomic mass is 35.5. The zero-order chi connectivity index (χ0) is 18.5. The maximum atomic E-state index is 11.8. The molecule has 0 fully saturated rings. The van der Waals surface area contributed by atoms with Crippen LogP contribution in [0.25, 0.3) is 0 Å². The number of ether oxygens (including phenoxy) is 2. The zero-order valence-corrected chi connectivity index (χ0v) is 15.8. The zero-order valence-electron chi connectivity index (χ0n) is 14.3. The minimum atomic E-state index is -0.415. The molecule has 1 rings (SSSR count). The van der Waals surface area contributed by atoms with Gasteiger partial charge in [-0.1, -0.05) is 42.6 Å². The summed E-state index contributed by atoms with van der Waals surface area (Å²) < 4.78 is 10.5. The summed E-state index contributed by atoms with van der Waals surface area (Å²) in [5.41, 5.74) is 0.398. The number of anilines is 1. The molecule has 0 spiro atoms. The predicted molar refractivity (Wildman–Crippen MR) is 99.3 cm³/mol. The number of unbranched alkanes of at least 4 members (excludes halogenated alkanes) is 1. The third-order valence-electron chi connectivity index (χ3n) is 3.12. The number of carbonyl (C=O) groups is 2. The fourth-order valence-corrected chi connectivity index (χ4v) is 2.17. The molecule has 0 radical (unpaired) electrons. The summed E-state index contributed by atoms with van der Waals surface area (Å²) in [6.07, 6.45) is 2.89. The Hall–Kier alpha value is -1.34. The molecule has 6 nitrogen and oxygen atoms in total. The Balaban J connectivity index is 2.10. The van der Waals surface area contributed by atoms with E-state index >= 15 is 0 Å². The van der Waals surface area contributed by atoms with E-state index < -0.39 is 5.91 Å². The summed E-state index contributed by atoms with van der Waals surface area (Å²) in [7, 11) is 0. The summed E-state index contributed by atoms with van der Waals surface area (Å²) in [6, 6.07) is 4.92. The normalized spacial score (nSPS) is 10.5. The molecule has 0 saturated heterocycles. The molecular formula is C17H24Cl2N2O4. The van der Waals surface area contributed by atoms with Gasteiger partial charge in [-0.3, -0.25) is 9.59 Å². The highest BCUT2D eigenvalue weighted by Gasteiger charge is 2.09. The summed E-state index contributed by atoms with van der Waals surface area (Å²) in [5, 5.41) is 5.88. The molecule has 1 aromatic rings. The van der Waals surface area contributed by atoms with Gasteiger partial charge in [0.15, 0.2) is 0 Å². The highest BCUT2D eigenvalue weighted by molar-refractivity contribution is 6.43.